The van der Waals surface area contributed by atoms with Gasteiger partial charge in [-0.25, -0.2) is 16.8 Å². The van der Waals surface area contributed by atoms with E-state index < -0.39 is 38.2 Å². The SMILES string of the molecule is CCOC1=C2CN(S(=O)(=O)c3ccc(C)cc3)[C@H](c3ccccc3)C[C@@H]2N(S(=O)(=O)c2ccc(C)cc2)[C@H](c2ccc(Br)cc2)C1. The normalized spacial score (nSPS) is 21.2. The van der Waals surface area contributed by atoms with Gasteiger partial charge in [0.05, 0.1) is 40.3 Å². The van der Waals surface area contributed by atoms with E-state index in [4.69, 9.17) is 4.74 Å². The number of benzene rings is 4. The topological polar surface area (TPSA) is 84.0 Å². The average molecular weight is 722 g/mol. The molecule has 0 spiro atoms. The Balaban J connectivity index is 1.56. The predicted octanol–water partition coefficient (Wildman–Crippen LogP) is 7.70. The highest BCUT2D eigenvalue weighted by molar-refractivity contribution is 9.10. The van der Waals surface area contributed by atoms with Crippen LogP contribution >= 0.6 is 15.9 Å². The summed E-state index contributed by atoms with van der Waals surface area (Å²) in [7, 11) is -8.02. The van der Waals surface area contributed by atoms with Gasteiger partial charge in [-0.1, -0.05) is 93.8 Å². The van der Waals surface area contributed by atoms with Crippen LogP contribution in [0.5, 0.6) is 0 Å². The van der Waals surface area contributed by atoms with Crippen molar-refractivity contribution < 1.29 is 21.6 Å². The smallest absolute Gasteiger partial charge is 0.244 e. The van der Waals surface area contributed by atoms with Crippen molar-refractivity contribution in [1.82, 2.24) is 8.61 Å². The van der Waals surface area contributed by atoms with E-state index in [-0.39, 0.29) is 29.2 Å². The largest absolute Gasteiger partial charge is 0.498 e. The van der Waals surface area contributed by atoms with Gasteiger partial charge in [0.2, 0.25) is 20.0 Å². The first-order valence-electron chi connectivity index (χ1n) is 15.3. The van der Waals surface area contributed by atoms with Crippen LogP contribution in [0.3, 0.4) is 0 Å². The minimum Gasteiger partial charge on any atom is -0.498 e. The van der Waals surface area contributed by atoms with Gasteiger partial charge in [-0.3, -0.25) is 0 Å². The fourth-order valence-electron chi connectivity index (χ4n) is 6.52. The van der Waals surface area contributed by atoms with Crippen LogP contribution in [0.4, 0.5) is 0 Å². The van der Waals surface area contributed by atoms with Crippen molar-refractivity contribution in [3.63, 3.8) is 0 Å². The summed E-state index contributed by atoms with van der Waals surface area (Å²) in [4.78, 5) is 0.397. The molecule has 1 saturated heterocycles. The van der Waals surface area contributed by atoms with E-state index in [1.807, 2.05) is 75.4 Å². The fourth-order valence-corrected chi connectivity index (χ4v) is 10.2. The lowest BCUT2D eigenvalue weighted by atomic mass is 9.84. The van der Waals surface area contributed by atoms with E-state index in [0.29, 0.717) is 17.9 Å². The minimum atomic E-state index is -4.05. The first kappa shape index (κ1) is 32.7. The zero-order valence-electron chi connectivity index (χ0n) is 26.0. The summed E-state index contributed by atoms with van der Waals surface area (Å²) < 4.78 is 68.6. The standard InChI is InChI=1S/C36H37BrN2O5S2/c1-4-44-36-23-34(28-14-16-29(37)17-15-28)39(46(42,43)31-20-12-26(3)13-21-31)35-22-33(27-8-6-5-7-9-27)38(24-32(35)36)45(40,41)30-18-10-25(2)11-19-30/h5-21,33-35H,4,22-24H2,1-3H3/t33-,34-,35-/m0/s1. The third-order valence-corrected chi connectivity index (χ3v) is 13.2. The Hall–Kier alpha value is -3.28. The Labute approximate surface area is 280 Å². The Bertz CT molecular complexity index is 1950. The Morgan fingerprint density at radius 2 is 1.24 bits per heavy atom. The molecule has 2 heterocycles. The van der Waals surface area contributed by atoms with Crippen molar-refractivity contribution >= 4 is 36.0 Å². The maximum atomic E-state index is 14.8. The van der Waals surface area contributed by atoms with Crippen LogP contribution < -0.4 is 0 Å². The van der Waals surface area contributed by atoms with Gasteiger partial charge in [-0.15, -0.1) is 0 Å². The number of ether oxygens (including phenoxy) is 1. The van der Waals surface area contributed by atoms with Gasteiger partial charge in [0.25, 0.3) is 0 Å². The summed E-state index contributed by atoms with van der Waals surface area (Å²) in [6, 6.07) is 29.1. The second-order valence-electron chi connectivity index (χ2n) is 11.8. The molecule has 4 aromatic carbocycles. The lowest BCUT2D eigenvalue weighted by Crippen LogP contribution is -2.54. The Morgan fingerprint density at radius 3 is 1.80 bits per heavy atom. The summed E-state index contributed by atoms with van der Waals surface area (Å²) in [5.41, 5.74) is 4.23. The van der Waals surface area contributed by atoms with Gasteiger partial charge in [-0.2, -0.15) is 8.61 Å². The van der Waals surface area contributed by atoms with Crippen LogP contribution in [0.25, 0.3) is 0 Å². The molecule has 6 rings (SSSR count). The molecule has 2 aliphatic rings. The summed E-state index contributed by atoms with van der Waals surface area (Å²) >= 11 is 3.51. The number of hydrogen-bond donors (Lipinski definition) is 0. The lowest BCUT2D eigenvalue weighted by Gasteiger charge is -2.49. The average Bonchev–Trinajstić information content (AvgIpc) is 3.05. The minimum absolute atomic E-state index is 0.00272. The zero-order valence-corrected chi connectivity index (χ0v) is 29.2. The van der Waals surface area contributed by atoms with Gasteiger partial charge >= 0.3 is 0 Å². The van der Waals surface area contributed by atoms with Crippen LogP contribution in [-0.4, -0.2) is 44.6 Å². The number of aryl methyl sites for hydroxylation is 2. The molecule has 1 fully saturated rings. The van der Waals surface area contributed by atoms with Crippen LogP contribution in [0.1, 0.15) is 54.1 Å². The number of fused-ring (bicyclic) bond motifs is 1. The zero-order chi connectivity index (χ0) is 32.6. The second kappa shape index (κ2) is 13.1. The van der Waals surface area contributed by atoms with Crippen LogP contribution in [0.2, 0.25) is 0 Å². The molecular formula is C36H37BrN2O5S2. The van der Waals surface area contributed by atoms with E-state index in [0.717, 1.165) is 26.7 Å². The predicted molar refractivity (Wildman–Crippen MR) is 183 cm³/mol. The Morgan fingerprint density at radius 1 is 0.696 bits per heavy atom. The van der Waals surface area contributed by atoms with Gasteiger partial charge in [0.15, 0.2) is 0 Å². The number of piperidine rings is 1. The summed E-state index contributed by atoms with van der Waals surface area (Å²) in [6.07, 6.45) is 0.500. The molecule has 240 valence electrons. The molecule has 4 aromatic rings. The van der Waals surface area contributed by atoms with E-state index in [1.165, 1.54) is 4.31 Å². The molecular weight excluding hydrogens is 684 g/mol. The number of nitrogens with zero attached hydrogens (tertiary/aromatic N) is 2. The molecule has 46 heavy (non-hydrogen) atoms. The third kappa shape index (κ3) is 6.21. The van der Waals surface area contributed by atoms with E-state index in [2.05, 4.69) is 15.9 Å². The molecule has 7 nitrogen and oxygen atoms in total. The molecule has 0 saturated carbocycles. The molecule has 0 amide bonds. The highest BCUT2D eigenvalue weighted by Crippen LogP contribution is 2.49. The Kier molecular flexibility index (Phi) is 9.29. The number of sulfonamides is 2. The summed E-state index contributed by atoms with van der Waals surface area (Å²) in [5.74, 6) is 0.645. The van der Waals surface area contributed by atoms with Crippen LogP contribution in [-0.2, 0) is 24.8 Å². The molecule has 0 aromatic heterocycles. The molecule has 0 N–H and O–H groups in total. The van der Waals surface area contributed by atoms with Crippen molar-refractivity contribution in [3.8, 4) is 0 Å². The van der Waals surface area contributed by atoms with Crippen LogP contribution in [0.15, 0.2) is 129 Å². The number of rotatable bonds is 8. The lowest BCUT2D eigenvalue weighted by molar-refractivity contribution is 0.118. The molecule has 0 unspecified atom stereocenters. The molecule has 0 bridgehead atoms. The van der Waals surface area contributed by atoms with Crippen molar-refractivity contribution in [2.45, 2.75) is 61.5 Å². The first-order chi connectivity index (χ1) is 22.0. The van der Waals surface area contributed by atoms with Gasteiger partial charge < -0.3 is 4.74 Å². The fraction of sp³-hybridized carbons (Fsp3) is 0.278. The summed E-state index contributed by atoms with van der Waals surface area (Å²) in [6.45, 7) is 6.11. The molecule has 10 heteroatoms. The maximum Gasteiger partial charge on any atom is 0.244 e. The van der Waals surface area contributed by atoms with Crippen molar-refractivity contribution in [2.24, 2.45) is 0 Å². The van der Waals surface area contributed by atoms with Crippen LogP contribution in [0, 0.1) is 13.8 Å². The number of halogens is 1. The molecule has 3 atom stereocenters. The van der Waals surface area contributed by atoms with E-state index >= 15 is 0 Å². The summed E-state index contributed by atoms with van der Waals surface area (Å²) in [5, 5.41) is 0. The first-order valence-corrected chi connectivity index (χ1v) is 19.0. The highest BCUT2D eigenvalue weighted by atomic mass is 79.9. The van der Waals surface area contributed by atoms with Gasteiger partial charge in [-0.05, 0) is 74.7 Å². The second-order valence-corrected chi connectivity index (χ2v) is 16.5. The van der Waals surface area contributed by atoms with E-state index in [9.17, 15) is 16.8 Å². The van der Waals surface area contributed by atoms with E-state index in [1.54, 1.807) is 52.8 Å². The van der Waals surface area contributed by atoms with Crippen molar-refractivity contribution in [1.29, 1.82) is 0 Å². The van der Waals surface area contributed by atoms with Gasteiger partial charge in [0, 0.05) is 23.0 Å². The third-order valence-electron chi connectivity index (χ3n) is 8.86. The van der Waals surface area contributed by atoms with Crippen molar-refractivity contribution in [2.75, 3.05) is 13.2 Å². The van der Waals surface area contributed by atoms with Gasteiger partial charge in [0.1, 0.15) is 0 Å². The molecule has 2 aliphatic heterocycles. The molecule has 0 radical (unpaired) electrons. The monoisotopic (exact) mass is 720 g/mol. The quantitative estimate of drug-likeness (QED) is 0.186. The van der Waals surface area contributed by atoms with Crippen molar-refractivity contribution in [3.05, 3.63) is 141 Å². The molecule has 0 aliphatic carbocycles. The highest BCUT2D eigenvalue weighted by Gasteiger charge is 2.51. The number of hydrogen-bond acceptors (Lipinski definition) is 5. The maximum absolute atomic E-state index is 14.8.